The highest BCUT2D eigenvalue weighted by molar-refractivity contribution is 7.22. The molecule has 1 aliphatic rings. The number of benzene rings is 3. The van der Waals surface area contributed by atoms with Crippen LogP contribution in [0.5, 0.6) is 5.75 Å². The van der Waals surface area contributed by atoms with E-state index >= 15 is 0 Å². The molecule has 6 nitrogen and oxygen atoms in total. The van der Waals surface area contributed by atoms with Crippen LogP contribution >= 0.6 is 11.3 Å². The number of Topliss-reactive ketones (excluding diaryl/α,β-unsaturated/α-hetero) is 1. The summed E-state index contributed by atoms with van der Waals surface area (Å²) in [6.45, 7) is 0. The minimum absolute atomic E-state index is 0.00459. The van der Waals surface area contributed by atoms with E-state index in [-0.39, 0.29) is 11.3 Å². The normalized spacial score (nSPS) is 17.8. The molecule has 0 radical (unpaired) electrons. The third-order valence-electron chi connectivity index (χ3n) is 5.41. The first-order valence-corrected chi connectivity index (χ1v) is 10.8. The maximum Gasteiger partial charge on any atom is 0.301 e. The van der Waals surface area contributed by atoms with Gasteiger partial charge in [0.2, 0.25) is 0 Å². The van der Waals surface area contributed by atoms with E-state index in [9.17, 15) is 14.7 Å². The van der Waals surface area contributed by atoms with E-state index in [2.05, 4.69) is 4.98 Å². The second-order valence-electron chi connectivity index (χ2n) is 7.24. The topological polar surface area (TPSA) is 79.7 Å². The van der Waals surface area contributed by atoms with E-state index in [0.717, 1.165) is 10.2 Å². The summed E-state index contributed by atoms with van der Waals surface area (Å²) in [5.74, 6) is -1.23. The average Bonchev–Trinajstić information content (AvgIpc) is 3.37. The first-order chi connectivity index (χ1) is 15.6. The number of ether oxygens (including phenoxy) is 1. The average molecular weight is 442 g/mol. The van der Waals surface area contributed by atoms with Gasteiger partial charge in [-0.1, -0.05) is 72.0 Å². The maximum atomic E-state index is 13.3. The van der Waals surface area contributed by atoms with Crippen LogP contribution in [0.25, 0.3) is 16.0 Å². The van der Waals surface area contributed by atoms with Crippen LogP contribution in [-0.2, 0) is 9.59 Å². The number of ketones is 1. The summed E-state index contributed by atoms with van der Waals surface area (Å²) in [6, 6.07) is 22.5. The van der Waals surface area contributed by atoms with Crippen molar-refractivity contribution in [2.75, 3.05) is 12.0 Å². The van der Waals surface area contributed by atoms with Crippen LogP contribution in [0.2, 0.25) is 0 Å². The van der Waals surface area contributed by atoms with Crippen LogP contribution in [0.4, 0.5) is 5.13 Å². The number of nitrogens with zero attached hydrogens (tertiary/aromatic N) is 2. The Bertz CT molecular complexity index is 1340. The maximum absolute atomic E-state index is 13.3. The van der Waals surface area contributed by atoms with Gasteiger partial charge in [0.05, 0.1) is 22.9 Å². The predicted molar refractivity (Wildman–Crippen MR) is 124 cm³/mol. The van der Waals surface area contributed by atoms with Gasteiger partial charge in [0.1, 0.15) is 17.6 Å². The summed E-state index contributed by atoms with van der Waals surface area (Å²) in [6.07, 6.45) is 0. The molecule has 1 saturated heterocycles. The van der Waals surface area contributed by atoms with Gasteiger partial charge in [-0.05, 0) is 18.2 Å². The number of aliphatic hydroxyl groups excluding tert-OH is 1. The van der Waals surface area contributed by atoms with Crippen molar-refractivity contribution in [2.24, 2.45) is 0 Å². The molecule has 0 saturated carbocycles. The Morgan fingerprint density at radius 2 is 1.66 bits per heavy atom. The Hall–Kier alpha value is -3.97. The molecule has 0 bridgehead atoms. The Morgan fingerprint density at radius 3 is 2.41 bits per heavy atom. The highest BCUT2D eigenvalue weighted by atomic mass is 32.1. The zero-order valence-corrected chi connectivity index (χ0v) is 17.9. The van der Waals surface area contributed by atoms with E-state index in [1.165, 1.54) is 23.3 Å². The number of hydrogen-bond acceptors (Lipinski definition) is 6. The lowest BCUT2D eigenvalue weighted by molar-refractivity contribution is -0.132. The molecule has 158 valence electrons. The fourth-order valence-corrected chi connectivity index (χ4v) is 4.92. The fraction of sp³-hybridized carbons (Fsp3) is 0.0800. The lowest BCUT2D eigenvalue weighted by atomic mass is 9.95. The van der Waals surface area contributed by atoms with Crippen LogP contribution in [0.1, 0.15) is 17.2 Å². The van der Waals surface area contributed by atoms with E-state index in [1.54, 1.807) is 42.5 Å². The lowest BCUT2D eigenvalue weighted by Crippen LogP contribution is -2.29. The Morgan fingerprint density at radius 1 is 0.969 bits per heavy atom. The molecule has 1 aliphatic heterocycles. The quantitative estimate of drug-likeness (QED) is 0.275. The van der Waals surface area contributed by atoms with Crippen molar-refractivity contribution >= 4 is 44.1 Å². The number of aliphatic hydroxyl groups is 1. The van der Waals surface area contributed by atoms with Gasteiger partial charge in [-0.2, -0.15) is 0 Å². The van der Waals surface area contributed by atoms with Crippen molar-refractivity contribution in [2.45, 2.75) is 6.04 Å². The molecule has 1 atom stereocenters. The molecule has 0 unspecified atom stereocenters. The number of fused-ring (bicyclic) bond motifs is 1. The fourth-order valence-electron chi connectivity index (χ4n) is 3.93. The zero-order chi connectivity index (χ0) is 22.2. The molecule has 3 aromatic carbocycles. The Kier molecular flexibility index (Phi) is 4.95. The smallest absolute Gasteiger partial charge is 0.301 e. The molecule has 0 spiro atoms. The number of methoxy groups -OCH3 is 1. The van der Waals surface area contributed by atoms with Crippen molar-refractivity contribution in [3.8, 4) is 5.75 Å². The number of carbonyl (C=O) groups is 2. The third kappa shape index (κ3) is 3.14. The second-order valence-corrected chi connectivity index (χ2v) is 8.25. The van der Waals surface area contributed by atoms with Gasteiger partial charge >= 0.3 is 5.91 Å². The van der Waals surface area contributed by atoms with Crippen molar-refractivity contribution in [3.63, 3.8) is 0 Å². The van der Waals surface area contributed by atoms with Gasteiger partial charge < -0.3 is 9.84 Å². The molecular weight excluding hydrogens is 424 g/mol. The van der Waals surface area contributed by atoms with Crippen LogP contribution < -0.4 is 9.64 Å². The molecule has 1 aromatic heterocycles. The molecule has 1 N–H and O–H groups in total. The first-order valence-electron chi connectivity index (χ1n) is 9.95. The summed E-state index contributed by atoms with van der Waals surface area (Å²) >= 11 is 1.32. The predicted octanol–water partition coefficient (Wildman–Crippen LogP) is 4.93. The van der Waals surface area contributed by atoms with E-state index in [0.29, 0.717) is 22.0 Å². The van der Waals surface area contributed by atoms with Gasteiger partial charge in [0, 0.05) is 11.1 Å². The number of amides is 1. The summed E-state index contributed by atoms with van der Waals surface area (Å²) < 4.78 is 6.43. The van der Waals surface area contributed by atoms with Crippen molar-refractivity contribution in [1.82, 2.24) is 4.98 Å². The molecule has 4 aromatic rings. The Labute approximate surface area is 188 Å². The number of anilines is 1. The van der Waals surface area contributed by atoms with Crippen molar-refractivity contribution < 1.29 is 19.4 Å². The standard InChI is InChI=1S/C25H18N2O4S/c1-31-18-13-7-5-11-16(18)21-20(22(28)15-9-3-2-4-10-15)23(29)24(30)27(21)25-26-17-12-6-8-14-19(17)32-25/h2-14,21,28H,1H3/t21-/m0/s1. The monoisotopic (exact) mass is 442 g/mol. The largest absolute Gasteiger partial charge is 0.507 e. The number of para-hydroxylation sites is 2. The summed E-state index contributed by atoms with van der Waals surface area (Å²) in [5.41, 5.74) is 1.78. The van der Waals surface area contributed by atoms with E-state index in [1.807, 2.05) is 36.4 Å². The van der Waals surface area contributed by atoms with Gasteiger partial charge in [-0.25, -0.2) is 4.98 Å². The first kappa shape index (κ1) is 20.0. The molecule has 5 rings (SSSR count). The summed E-state index contributed by atoms with van der Waals surface area (Å²) in [7, 11) is 1.53. The van der Waals surface area contributed by atoms with Crippen molar-refractivity contribution in [3.05, 3.63) is 95.6 Å². The minimum Gasteiger partial charge on any atom is -0.507 e. The van der Waals surface area contributed by atoms with Gasteiger partial charge in [-0.3, -0.25) is 14.5 Å². The number of rotatable bonds is 4. The number of thiazole rings is 1. The zero-order valence-electron chi connectivity index (χ0n) is 17.1. The third-order valence-corrected chi connectivity index (χ3v) is 6.45. The van der Waals surface area contributed by atoms with Crippen molar-refractivity contribution in [1.29, 1.82) is 0 Å². The molecule has 0 aliphatic carbocycles. The molecule has 1 fully saturated rings. The molecule has 2 heterocycles. The van der Waals surface area contributed by atoms with Crippen LogP contribution in [0.3, 0.4) is 0 Å². The van der Waals surface area contributed by atoms with Crippen LogP contribution in [0.15, 0.2) is 84.4 Å². The summed E-state index contributed by atoms with van der Waals surface area (Å²) in [5, 5.41) is 11.5. The van der Waals surface area contributed by atoms with Gasteiger partial charge in [-0.15, -0.1) is 0 Å². The SMILES string of the molecule is COc1ccccc1[C@H]1C(=C(O)c2ccccc2)C(=O)C(=O)N1c1nc2ccccc2s1. The van der Waals surface area contributed by atoms with Crippen LogP contribution in [0, 0.1) is 0 Å². The van der Waals surface area contributed by atoms with E-state index < -0.39 is 17.7 Å². The van der Waals surface area contributed by atoms with Crippen LogP contribution in [-0.4, -0.2) is 28.9 Å². The second kappa shape index (κ2) is 7.94. The van der Waals surface area contributed by atoms with E-state index in [4.69, 9.17) is 4.74 Å². The molecule has 32 heavy (non-hydrogen) atoms. The highest BCUT2D eigenvalue weighted by Gasteiger charge is 2.49. The molecule has 1 amide bonds. The number of aromatic nitrogens is 1. The number of carbonyl (C=O) groups excluding carboxylic acids is 2. The molecular formula is C25H18N2O4S. The van der Waals surface area contributed by atoms with Gasteiger partial charge in [0.15, 0.2) is 5.13 Å². The lowest BCUT2D eigenvalue weighted by Gasteiger charge is -2.24. The Balaban J connectivity index is 1.77. The minimum atomic E-state index is -0.882. The number of hydrogen-bond donors (Lipinski definition) is 1. The summed E-state index contributed by atoms with van der Waals surface area (Å²) in [4.78, 5) is 32.5. The van der Waals surface area contributed by atoms with Gasteiger partial charge in [0.25, 0.3) is 5.78 Å². The highest BCUT2D eigenvalue weighted by Crippen LogP contribution is 2.46. The molecule has 7 heteroatoms.